The van der Waals surface area contributed by atoms with Crippen molar-refractivity contribution in [1.29, 1.82) is 0 Å². The van der Waals surface area contributed by atoms with Gasteiger partial charge in [0.15, 0.2) is 0 Å². The second-order valence-corrected chi connectivity index (χ2v) is 2.77. The molecule has 0 amide bonds. The van der Waals surface area contributed by atoms with E-state index in [-0.39, 0.29) is 12.0 Å². The molecule has 1 unspecified atom stereocenters. The van der Waals surface area contributed by atoms with Gasteiger partial charge in [0.1, 0.15) is 6.04 Å². The van der Waals surface area contributed by atoms with E-state index >= 15 is 0 Å². The van der Waals surface area contributed by atoms with E-state index in [0.29, 0.717) is 5.69 Å². The summed E-state index contributed by atoms with van der Waals surface area (Å²) in [6, 6.07) is -1.09. The van der Waals surface area contributed by atoms with Crippen LogP contribution in [0.25, 0.3) is 0 Å². The van der Waals surface area contributed by atoms with Crippen molar-refractivity contribution in [3.63, 3.8) is 0 Å². The van der Waals surface area contributed by atoms with Gasteiger partial charge >= 0.3 is 5.97 Å². The number of carboxylic acids is 1. The zero-order valence-corrected chi connectivity index (χ0v) is 7.04. The van der Waals surface area contributed by atoms with E-state index < -0.39 is 18.0 Å². The van der Waals surface area contributed by atoms with E-state index in [0.717, 1.165) is 0 Å². The monoisotopic (exact) mass is 187 g/mol. The molecule has 6 heteroatoms. The Balaban J connectivity index is 2.79. The first-order valence-corrected chi connectivity index (χ1v) is 3.70. The summed E-state index contributed by atoms with van der Waals surface area (Å²) < 4.78 is 12.8. The fourth-order valence-corrected chi connectivity index (χ4v) is 0.967. The Hall–Kier alpha value is -1.43. The van der Waals surface area contributed by atoms with Gasteiger partial charge in [-0.1, -0.05) is 0 Å². The smallest absolute Gasteiger partial charge is 0.320 e. The molecule has 1 aromatic rings. The molecule has 0 spiro atoms. The number of aliphatic carboxylic acids is 1. The van der Waals surface area contributed by atoms with Crippen LogP contribution in [0.5, 0.6) is 0 Å². The zero-order chi connectivity index (χ0) is 10.0. The number of aromatic nitrogens is 2. The topological polar surface area (TPSA) is 92.0 Å². The molecule has 0 aliphatic heterocycles. The normalized spacial score (nSPS) is 12.8. The molecule has 72 valence electrons. The molecule has 13 heavy (non-hydrogen) atoms. The molecule has 0 fully saturated rings. The van der Waals surface area contributed by atoms with Gasteiger partial charge in [-0.3, -0.25) is 9.89 Å². The van der Waals surface area contributed by atoms with Crippen LogP contribution < -0.4 is 5.73 Å². The number of nitrogens with one attached hydrogen (secondary N) is 1. The van der Waals surface area contributed by atoms with Crippen LogP contribution in [-0.2, 0) is 11.2 Å². The van der Waals surface area contributed by atoms with Crippen LogP contribution in [0.1, 0.15) is 11.3 Å². The van der Waals surface area contributed by atoms with Crippen molar-refractivity contribution >= 4 is 5.97 Å². The number of rotatable bonds is 3. The van der Waals surface area contributed by atoms with Gasteiger partial charge in [0, 0.05) is 17.7 Å². The fraction of sp³-hybridized carbons (Fsp3) is 0.429. The van der Waals surface area contributed by atoms with Crippen molar-refractivity contribution in [3.05, 3.63) is 17.2 Å². The van der Waals surface area contributed by atoms with Crippen molar-refractivity contribution < 1.29 is 14.3 Å². The molecule has 0 aliphatic rings. The third kappa shape index (κ3) is 2.03. The quantitative estimate of drug-likeness (QED) is 0.611. The second-order valence-electron chi connectivity index (χ2n) is 2.77. The summed E-state index contributed by atoms with van der Waals surface area (Å²) in [7, 11) is 0. The van der Waals surface area contributed by atoms with E-state index in [1.54, 1.807) is 6.92 Å². The molecule has 0 saturated heterocycles. The third-order valence-electron chi connectivity index (χ3n) is 1.76. The molecule has 5 nitrogen and oxygen atoms in total. The van der Waals surface area contributed by atoms with Gasteiger partial charge in [0.05, 0.1) is 0 Å². The van der Waals surface area contributed by atoms with E-state index in [4.69, 9.17) is 10.8 Å². The van der Waals surface area contributed by atoms with E-state index in [1.807, 2.05) is 0 Å². The van der Waals surface area contributed by atoms with Crippen LogP contribution in [0.2, 0.25) is 0 Å². The second kappa shape index (κ2) is 3.53. The summed E-state index contributed by atoms with van der Waals surface area (Å²) in [5.74, 6) is -1.84. The highest BCUT2D eigenvalue weighted by molar-refractivity contribution is 5.73. The highest BCUT2D eigenvalue weighted by Gasteiger charge is 2.18. The van der Waals surface area contributed by atoms with Gasteiger partial charge in [-0.15, -0.1) is 5.10 Å². The first-order valence-electron chi connectivity index (χ1n) is 3.70. The molecule has 4 N–H and O–H groups in total. The predicted molar refractivity (Wildman–Crippen MR) is 42.6 cm³/mol. The number of nitrogens with zero attached hydrogens (tertiary/aromatic N) is 1. The molecular weight excluding hydrogens is 177 g/mol. The number of nitrogens with two attached hydrogens (primary N) is 1. The van der Waals surface area contributed by atoms with Crippen LogP contribution in [0.4, 0.5) is 4.39 Å². The highest BCUT2D eigenvalue weighted by atomic mass is 19.1. The largest absolute Gasteiger partial charge is 0.480 e. The Morgan fingerprint density at radius 2 is 2.46 bits per heavy atom. The minimum absolute atomic E-state index is 0.0521. The van der Waals surface area contributed by atoms with E-state index in [1.165, 1.54) is 0 Å². The Kier molecular flexibility index (Phi) is 2.62. The van der Waals surface area contributed by atoms with Gasteiger partial charge in [-0.25, -0.2) is 0 Å². The van der Waals surface area contributed by atoms with E-state index in [9.17, 15) is 9.18 Å². The maximum atomic E-state index is 12.8. The standard InChI is InChI=1S/C7H10FN3O2/c1-3-4(6(8)11-10-3)2-5(9)7(12)13/h5H,2,9H2,1H3,(H,10,11)(H,12,13). The maximum Gasteiger partial charge on any atom is 0.320 e. The molecule has 1 heterocycles. The van der Waals surface area contributed by atoms with Crippen LogP contribution in [0, 0.1) is 12.9 Å². The fourth-order valence-electron chi connectivity index (χ4n) is 0.967. The van der Waals surface area contributed by atoms with Crippen molar-refractivity contribution in [2.45, 2.75) is 19.4 Å². The zero-order valence-electron chi connectivity index (χ0n) is 7.04. The van der Waals surface area contributed by atoms with E-state index in [2.05, 4.69) is 10.2 Å². The molecule has 0 aromatic carbocycles. The lowest BCUT2D eigenvalue weighted by molar-refractivity contribution is -0.138. The summed E-state index contributed by atoms with van der Waals surface area (Å²) in [5.41, 5.74) is 5.98. The Morgan fingerprint density at radius 1 is 1.85 bits per heavy atom. The van der Waals surface area contributed by atoms with Crippen molar-refractivity contribution in [2.75, 3.05) is 0 Å². The SMILES string of the molecule is Cc1[nH]nc(F)c1CC(N)C(=O)O. The predicted octanol–water partition coefficient (Wildman–Crippen LogP) is -0.188. The summed E-state index contributed by atoms with van der Waals surface area (Å²) >= 11 is 0. The number of carbonyl (C=O) groups is 1. The van der Waals surface area contributed by atoms with Crippen LogP contribution in [0.15, 0.2) is 0 Å². The molecule has 0 aliphatic carbocycles. The van der Waals surface area contributed by atoms with Crippen molar-refractivity contribution in [3.8, 4) is 0 Å². The number of carboxylic acid groups (broad SMARTS) is 1. The Labute approximate surface area is 73.7 Å². The van der Waals surface area contributed by atoms with Crippen molar-refractivity contribution in [1.82, 2.24) is 10.2 Å². The summed E-state index contributed by atoms with van der Waals surface area (Å²) in [6.45, 7) is 1.61. The van der Waals surface area contributed by atoms with Gasteiger partial charge < -0.3 is 10.8 Å². The number of H-pyrrole nitrogens is 1. The Morgan fingerprint density at radius 3 is 2.85 bits per heavy atom. The summed E-state index contributed by atoms with van der Waals surface area (Å²) in [5, 5.41) is 14.2. The first kappa shape index (κ1) is 9.66. The lowest BCUT2D eigenvalue weighted by Crippen LogP contribution is -2.32. The number of halogens is 1. The third-order valence-corrected chi connectivity index (χ3v) is 1.76. The summed E-state index contributed by atoms with van der Waals surface area (Å²) in [6.07, 6.45) is -0.0521. The van der Waals surface area contributed by atoms with Crippen LogP contribution >= 0.6 is 0 Å². The lowest BCUT2D eigenvalue weighted by Gasteiger charge is -2.04. The molecule has 0 radical (unpaired) electrons. The van der Waals surface area contributed by atoms with Gasteiger partial charge in [-0.2, -0.15) is 4.39 Å². The maximum absolute atomic E-state index is 12.8. The highest BCUT2D eigenvalue weighted by Crippen LogP contribution is 2.10. The Bertz CT molecular complexity index is 304. The minimum atomic E-state index is -1.15. The number of hydrogen-bond acceptors (Lipinski definition) is 3. The van der Waals surface area contributed by atoms with Crippen LogP contribution in [0.3, 0.4) is 0 Å². The molecule has 1 rings (SSSR count). The molecule has 1 atom stereocenters. The van der Waals surface area contributed by atoms with Gasteiger partial charge in [0.2, 0.25) is 5.95 Å². The average molecular weight is 187 g/mol. The first-order chi connectivity index (χ1) is 6.02. The average Bonchev–Trinajstić information content (AvgIpc) is 2.35. The number of aryl methyl sites for hydroxylation is 1. The van der Waals surface area contributed by atoms with Gasteiger partial charge in [-0.05, 0) is 6.92 Å². The molecule has 0 saturated carbocycles. The molecular formula is C7H10FN3O2. The lowest BCUT2D eigenvalue weighted by atomic mass is 10.1. The molecule has 1 aromatic heterocycles. The molecule has 0 bridgehead atoms. The van der Waals surface area contributed by atoms with Gasteiger partial charge in [0.25, 0.3) is 0 Å². The van der Waals surface area contributed by atoms with Crippen LogP contribution in [-0.4, -0.2) is 27.3 Å². The number of hydrogen-bond donors (Lipinski definition) is 3. The minimum Gasteiger partial charge on any atom is -0.480 e. The summed E-state index contributed by atoms with van der Waals surface area (Å²) in [4.78, 5) is 10.4. The van der Waals surface area contributed by atoms with Crippen molar-refractivity contribution in [2.24, 2.45) is 5.73 Å². The number of aromatic amines is 1.